The molecule has 2 nitrogen and oxygen atoms in total. The molecular weight excluding hydrogens is 421 g/mol. The second-order valence-electron chi connectivity index (χ2n) is 7.11. The Bertz CT molecular complexity index is 1240. The van der Waals surface area contributed by atoms with Gasteiger partial charge in [0.05, 0.1) is 17.7 Å². The Morgan fingerprint density at radius 1 is 0.968 bits per heavy atom. The van der Waals surface area contributed by atoms with Crippen LogP contribution < -0.4 is 0 Å². The molecule has 3 aromatic carbocycles. The minimum Gasteiger partial charge on any atom is -0.462 e. The van der Waals surface area contributed by atoms with Crippen LogP contribution in [0.4, 0.5) is 13.2 Å². The van der Waals surface area contributed by atoms with Gasteiger partial charge in [-0.2, -0.15) is 13.2 Å². The third kappa shape index (κ3) is 4.64. The zero-order chi connectivity index (χ0) is 22.0. The number of hydrogen-bond acceptors (Lipinski definition) is 3. The van der Waals surface area contributed by atoms with Crippen LogP contribution in [0.1, 0.15) is 33.3 Å². The number of carbonyl (C=O) groups excluding carboxylic acids is 1. The van der Waals surface area contributed by atoms with Crippen LogP contribution in [-0.2, 0) is 17.3 Å². The molecular formula is C25H19F3O2S. The molecule has 0 N–H and O–H groups in total. The number of esters is 1. The number of thiophene rings is 1. The number of fused-ring (bicyclic) bond motifs is 1. The van der Waals surface area contributed by atoms with E-state index in [2.05, 4.69) is 0 Å². The second-order valence-corrected chi connectivity index (χ2v) is 8.27. The van der Waals surface area contributed by atoms with Crippen molar-refractivity contribution < 1.29 is 22.7 Å². The van der Waals surface area contributed by atoms with Gasteiger partial charge in [0.25, 0.3) is 0 Å². The van der Waals surface area contributed by atoms with Gasteiger partial charge in [-0.05, 0) is 53.9 Å². The molecule has 6 heteroatoms. The number of rotatable bonds is 5. The topological polar surface area (TPSA) is 26.3 Å². The van der Waals surface area contributed by atoms with E-state index in [1.165, 1.54) is 12.1 Å². The Labute approximate surface area is 181 Å². The highest BCUT2D eigenvalue weighted by Gasteiger charge is 2.30. The van der Waals surface area contributed by atoms with Gasteiger partial charge in [-0.25, -0.2) is 4.79 Å². The molecule has 0 amide bonds. The fourth-order valence-electron chi connectivity index (χ4n) is 3.54. The fraction of sp³-hybridized carbons (Fsp3) is 0.160. The number of halogens is 3. The fourth-order valence-corrected chi connectivity index (χ4v) is 4.66. The second kappa shape index (κ2) is 8.55. The van der Waals surface area contributed by atoms with Crippen molar-refractivity contribution in [2.24, 2.45) is 0 Å². The van der Waals surface area contributed by atoms with Crippen molar-refractivity contribution >= 4 is 27.4 Å². The summed E-state index contributed by atoms with van der Waals surface area (Å²) in [6.45, 7) is 2.07. The van der Waals surface area contributed by atoms with E-state index >= 15 is 0 Å². The van der Waals surface area contributed by atoms with E-state index in [-0.39, 0.29) is 5.97 Å². The van der Waals surface area contributed by atoms with Gasteiger partial charge >= 0.3 is 12.1 Å². The summed E-state index contributed by atoms with van der Waals surface area (Å²) >= 11 is 1.56. The van der Waals surface area contributed by atoms with Crippen LogP contribution in [0.5, 0.6) is 0 Å². The molecule has 0 atom stereocenters. The maximum absolute atomic E-state index is 13.0. The Kier molecular flexibility index (Phi) is 5.83. The van der Waals surface area contributed by atoms with E-state index in [1.54, 1.807) is 36.5 Å². The summed E-state index contributed by atoms with van der Waals surface area (Å²) < 4.78 is 45.2. The van der Waals surface area contributed by atoms with Crippen molar-refractivity contribution in [1.82, 2.24) is 0 Å². The molecule has 4 aromatic rings. The lowest BCUT2D eigenvalue weighted by Crippen LogP contribution is -2.05. The quantitative estimate of drug-likeness (QED) is 0.303. The third-order valence-electron chi connectivity index (χ3n) is 4.93. The average Bonchev–Trinajstić information content (AvgIpc) is 3.16. The lowest BCUT2D eigenvalue weighted by molar-refractivity contribution is -0.137. The summed E-state index contributed by atoms with van der Waals surface area (Å²) in [5, 5.41) is 1.01. The minimum atomic E-state index is -4.35. The normalized spacial score (nSPS) is 11.6. The number of carbonyl (C=O) groups is 1. The molecule has 0 saturated carbocycles. The smallest absolute Gasteiger partial charge is 0.416 e. The van der Waals surface area contributed by atoms with Gasteiger partial charge < -0.3 is 4.74 Å². The van der Waals surface area contributed by atoms with E-state index in [9.17, 15) is 18.0 Å². The summed E-state index contributed by atoms with van der Waals surface area (Å²) in [7, 11) is 0. The van der Waals surface area contributed by atoms with Gasteiger partial charge in [0.1, 0.15) is 0 Å². The molecule has 0 spiro atoms. The molecule has 4 rings (SSSR count). The molecule has 0 unspecified atom stereocenters. The SMILES string of the molecule is CCOC(=O)c1cccc(-c2cccc3sc(Cc4cccc(C(F)(F)F)c4)cc23)c1. The van der Waals surface area contributed by atoms with Gasteiger partial charge in [0, 0.05) is 21.4 Å². The summed E-state index contributed by atoms with van der Waals surface area (Å²) in [6, 6.07) is 20.6. The summed E-state index contributed by atoms with van der Waals surface area (Å²) in [5.74, 6) is -0.368. The summed E-state index contributed by atoms with van der Waals surface area (Å²) in [5.41, 5.74) is 2.32. The lowest BCUT2D eigenvalue weighted by Gasteiger charge is -2.08. The summed E-state index contributed by atoms with van der Waals surface area (Å²) in [6.07, 6.45) is -3.93. The predicted octanol–water partition coefficient (Wildman–Crippen LogP) is 7.35. The Balaban J connectivity index is 1.69. The highest BCUT2D eigenvalue weighted by atomic mass is 32.1. The molecule has 0 bridgehead atoms. The van der Waals surface area contributed by atoms with Gasteiger partial charge in [-0.3, -0.25) is 0 Å². The van der Waals surface area contributed by atoms with E-state index in [0.29, 0.717) is 24.2 Å². The van der Waals surface area contributed by atoms with Crippen molar-refractivity contribution in [1.29, 1.82) is 0 Å². The number of alkyl halides is 3. The van der Waals surface area contributed by atoms with Crippen LogP contribution in [0, 0.1) is 0 Å². The first-order valence-electron chi connectivity index (χ1n) is 9.80. The highest BCUT2D eigenvalue weighted by molar-refractivity contribution is 7.19. The van der Waals surface area contributed by atoms with E-state index < -0.39 is 11.7 Å². The van der Waals surface area contributed by atoms with Crippen LogP contribution in [0.15, 0.2) is 72.8 Å². The molecule has 0 saturated heterocycles. The van der Waals surface area contributed by atoms with Crippen molar-refractivity contribution in [2.75, 3.05) is 6.61 Å². The van der Waals surface area contributed by atoms with Crippen LogP contribution >= 0.6 is 11.3 Å². The lowest BCUT2D eigenvalue weighted by atomic mass is 9.99. The monoisotopic (exact) mass is 440 g/mol. The highest BCUT2D eigenvalue weighted by Crippen LogP contribution is 2.36. The number of hydrogen-bond donors (Lipinski definition) is 0. The van der Waals surface area contributed by atoms with Crippen LogP contribution in [0.2, 0.25) is 0 Å². The van der Waals surface area contributed by atoms with E-state index in [0.717, 1.165) is 32.2 Å². The Morgan fingerprint density at radius 2 is 1.74 bits per heavy atom. The largest absolute Gasteiger partial charge is 0.462 e. The first-order chi connectivity index (χ1) is 14.8. The van der Waals surface area contributed by atoms with Crippen LogP contribution in [-0.4, -0.2) is 12.6 Å². The molecule has 1 aromatic heterocycles. The maximum atomic E-state index is 13.0. The molecule has 0 aliphatic heterocycles. The van der Waals surface area contributed by atoms with Gasteiger partial charge in [0.2, 0.25) is 0 Å². The van der Waals surface area contributed by atoms with E-state index in [4.69, 9.17) is 4.74 Å². The molecule has 0 aliphatic carbocycles. The molecule has 158 valence electrons. The number of benzene rings is 3. The Hall–Kier alpha value is -3.12. The van der Waals surface area contributed by atoms with Crippen molar-refractivity contribution in [3.63, 3.8) is 0 Å². The summed E-state index contributed by atoms with van der Waals surface area (Å²) in [4.78, 5) is 13.1. The van der Waals surface area contributed by atoms with Gasteiger partial charge in [-0.1, -0.05) is 42.5 Å². The van der Waals surface area contributed by atoms with Crippen molar-refractivity contribution in [2.45, 2.75) is 19.5 Å². The first kappa shape index (κ1) is 21.1. The van der Waals surface area contributed by atoms with Crippen LogP contribution in [0.25, 0.3) is 21.2 Å². The van der Waals surface area contributed by atoms with Crippen molar-refractivity contribution in [3.05, 3.63) is 94.4 Å². The number of ether oxygens (including phenoxy) is 1. The zero-order valence-electron chi connectivity index (χ0n) is 16.7. The zero-order valence-corrected chi connectivity index (χ0v) is 17.5. The minimum absolute atomic E-state index is 0.308. The molecule has 31 heavy (non-hydrogen) atoms. The maximum Gasteiger partial charge on any atom is 0.416 e. The van der Waals surface area contributed by atoms with Crippen molar-refractivity contribution in [3.8, 4) is 11.1 Å². The molecule has 0 radical (unpaired) electrons. The standard InChI is InChI=1S/C25H19F3O2S/c1-2-30-24(29)18-8-4-7-17(14-18)21-10-5-11-23-22(21)15-20(31-23)13-16-6-3-9-19(12-16)25(26,27)28/h3-12,14-15H,2,13H2,1H3. The molecule has 0 fully saturated rings. The average molecular weight is 440 g/mol. The van der Waals surface area contributed by atoms with E-state index in [1.807, 2.05) is 36.4 Å². The van der Waals surface area contributed by atoms with Crippen LogP contribution in [0.3, 0.4) is 0 Å². The Morgan fingerprint density at radius 3 is 2.52 bits per heavy atom. The van der Waals surface area contributed by atoms with Gasteiger partial charge in [0.15, 0.2) is 0 Å². The molecule has 1 heterocycles. The van der Waals surface area contributed by atoms with Gasteiger partial charge in [-0.15, -0.1) is 11.3 Å². The first-order valence-corrected chi connectivity index (χ1v) is 10.6. The third-order valence-corrected chi connectivity index (χ3v) is 6.03. The molecule has 0 aliphatic rings. The predicted molar refractivity (Wildman–Crippen MR) is 117 cm³/mol.